The van der Waals surface area contributed by atoms with Crippen molar-refractivity contribution >= 4 is 5.97 Å². The van der Waals surface area contributed by atoms with Gasteiger partial charge in [0.25, 0.3) is 0 Å². The summed E-state index contributed by atoms with van der Waals surface area (Å²) in [5, 5.41) is 10.3. The number of carboxylic acids is 1. The molecule has 4 heteroatoms. The van der Waals surface area contributed by atoms with Crippen molar-refractivity contribution in [3.05, 3.63) is 57.6 Å². The molecule has 0 aromatic heterocycles. The molecule has 1 N–H and O–H groups in total. The molecule has 1 aliphatic carbocycles. The topological polar surface area (TPSA) is 49.8 Å². The van der Waals surface area contributed by atoms with Gasteiger partial charge in [-0.1, -0.05) is 49.6 Å². The Morgan fingerprint density at radius 1 is 1.06 bits per heavy atom. The Morgan fingerprint density at radius 3 is 2.34 bits per heavy atom. The summed E-state index contributed by atoms with van der Waals surface area (Å²) in [5.41, 5.74) is 8.59. The SMILES string of the molecule is Cc1ccc(-c2c(C)c3c(c(C)c2[C@H](OC(C)(C)C)C(=O)O)CCN(C2CCCC(C)C2)C3)cc1. The molecule has 2 aliphatic rings. The first kappa shape index (κ1) is 25.9. The summed E-state index contributed by atoms with van der Waals surface area (Å²) in [6.07, 6.45) is 5.22. The number of ether oxygens (including phenoxy) is 1. The number of nitrogens with zero attached hydrogens (tertiary/aromatic N) is 1. The third kappa shape index (κ3) is 5.49. The average Bonchev–Trinajstić information content (AvgIpc) is 2.79. The van der Waals surface area contributed by atoms with Crippen LogP contribution in [0.3, 0.4) is 0 Å². The molecule has 1 saturated carbocycles. The van der Waals surface area contributed by atoms with Crippen LogP contribution in [0.15, 0.2) is 24.3 Å². The number of carbonyl (C=O) groups is 1. The van der Waals surface area contributed by atoms with Crippen molar-refractivity contribution in [2.24, 2.45) is 5.92 Å². The molecule has 4 nitrogen and oxygen atoms in total. The van der Waals surface area contributed by atoms with Gasteiger partial charge >= 0.3 is 5.97 Å². The van der Waals surface area contributed by atoms with Crippen LogP contribution >= 0.6 is 0 Å². The number of rotatable bonds is 5. The van der Waals surface area contributed by atoms with E-state index in [2.05, 4.69) is 56.9 Å². The standard InChI is InChI=1S/C31H43NO3/c1-19-11-13-23(14-12-19)27-22(4)26-18-32(24-10-8-9-20(2)17-24)16-15-25(26)21(3)28(27)29(30(33)34)35-31(5,6)7/h11-14,20,24,29H,8-10,15-18H2,1-7H3,(H,33,34)/t20?,24?,29-/m0/s1. The number of aryl methyl sites for hydroxylation is 1. The molecule has 2 unspecified atom stereocenters. The molecule has 4 rings (SSSR count). The summed E-state index contributed by atoms with van der Waals surface area (Å²) in [7, 11) is 0. The summed E-state index contributed by atoms with van der Waals surface area (Å²) < 4.78 is 6.22. The molecule has 1 heterocycles. The summed E-state index contributed by atoms with van der Waals surface area (Å²) in [5.74, 6) is -0.126. The van der Waals surface area contributed by atoms with Crippen LogP contribution in [-0.2, 0) is 22.5 Å². The minimum absolute atomic E-state index is 0.571. The predicted molar refractivity (Wildman–Crippen MR) is 143 cm³/mol. The minimum Gasteiger partial charge on any atom is -0.479 e. The van der Waals surface area contributed by atoms with Crippen LogP contribution in [0.5, 0.6) is 0 Å². The second-order valence-corrected chi connectivity index (χ2v) is 12.0. The van der Waals surface area contributed by atoms with E-state index >= 15 is 0 Å². The Balaban J connectivity index is 1.87. The fraction of sp³-hybridized carbons (Fsp3) is 0.581. The van der Waals surface area contributed by atoms with Gasteiger partial charge in [-0.15, -0.1) is 0 Å². The molecular weight excluding hydrogens is 434 g/mol. The Bertz CT molecular complexity index is 1080. The fourth-order valence-corrected chi connectivity index (χ4v) is 6.30. The molecule has 1 fully saturated rings. The Kier molecular flexibility index (Phi) is 7.45. The molecule has 3 atom stereocenters. The smallest absolute Gasteiger partial charge is 0.337 e. The third-order valence-electron chi connectivity index (χ3n) is 8.05. The second-order valence-electron chi connectivity index (χ2n) is 12.0. The van der Waals surface area contributed by atoms with Gasteiger partial charge in [-0.05, 0) is 100 Å². The lowest BCUT2D eigenvalue weighted by molar-refractivity contribution is -0.160. The first-order chi connectivity index (χ1) is 16.5. The van der Waals surface area contributed by atoms with Crippen LogP contribution in [0.4, 0.5) is 0 Å². The van der Waals surface area contributed by atoms with E-state index in [-0.39, 0.29) is 0 Å². The molecule has 0 saturated heterocycles. The van der Waals surface area contributed by atoms with Crippen molar-refractivity contribution in [2.75, 3.05) is 6.54 Å². The maximum Gasteiger partial charge on any atom is 0.337 e. The number of hydrogen-bond acceptors (Lipinski definition) is 3. The van der Waals surface area contributed by atoms with E-state index in [1.807, 2.05) is 20.8 Å². The quantitative estimate of drug-likeness (QED) is 0.496. The highest BCUT2D eigenvalue weighted by Gasteiger charge is 2.36. The molecular formula is C31H43NO3. The Morgan fingerprint density at radius 2 is 1.74 bits per heavy atom. The summed E-state index contributed by atoms with van der Waals surface area (Å²) in [6.45, 7) is 16.6. The van der Waals surface area contributed by atoms with Gasteiger partial charge in [0.15, 0.2) is 6.10 Å². The van der Waals surface area contributed by atoms with Crippen LogP contribution in [0.25, 0.3) is 11.1 Å². The fourth-order valence-electron chi connectivity index (χ4n) is 6.30. The van der Waals surface area contributed by atoms with Crippen LogP contribution in [0, 0.1) is 26.7 Å². The summed E-state index contributed by atoms with van der Waals surface area (Å²) in [4.78, 5) is 15.3. The van der Waals surface area contributed by atoms with Crippen molar-refractivity contribution < 1.29 is 14.6 Å². The van der Waals surface area contributed by atoms with Crippen LogP contribution in [0.1, 0.15) is 92.9 Å². The van der Waals surface area contributed by atoms with Crippen molar-refractivity contribution in [1.29, 1.82) is 0 Å². The lowest BCUT2D eigenvalue weighted by Gasteiger charge is -2.41. The molecule has 2 aromatic carbocycles. The van der Waals surface area contributed by atoms with Gasteiger partial charge in [0.1, 0.15) is 0 Å². The average molecular weight is 478 g/mol. The number of fused-ring (bicyclic) bond motifs is 1. The number of benzene rings is 2. The monoisotopic (exact) mass is 477 g/mol. The summed E-state index contributed by atoms with van der Waals surface area (Å²) in [6, 6.07) is 9.15. The highest BCUT2D eigenvalue weighted by atomic mass is 16.5. The maximum absolute atomic E-state index is 12.6. The van der Waals surface area contributed by atoms with Crippen LogP contribution in [-0.4, -0.2) is 34.2 Å². The van der Waals surface area contributed by atoms with Crippen molar-refractivity contribution in [2.45, 2.75) is 105 Å². The largest absolute Gasteiger partial charge is 0.479 e. The second kappa shape index (κ2) is 10.1. The molecule has 0 radical (unpaired) electrons. The van der Waals surface area contributed by atoms with Crippen molar-refractivity contribution in [3.8, 4) is 11.1 Å². The molecule has 0 bridgehead atoms. The van der Waals surface area contributed by atoms with Gasteiger partial charge in [0, 0.05) is 24.7 Å². The first-order valence-corrected chi connectivity index (χ1v) is 13.3. The number of hydrogen-bond donors (Lipinski definition) is 1. The molecule has 0 spiro atoms. The molecule has 2 aromatic rings. The normalized spacial score (nSPS) is 22.0. The van der Waals surface area contributed by atoms with E-state index in [0.29, 0.717) is 6.04 Å². The van der Waals surface area contributed by atoms with E-state index in [0.717, 1.165) is 47.7 Å². The predicted octanol–water partition coefficient (Wildman–Crippen LogP) is 7.16. The van der Waals surface area contributed by atoms with E-state index < -0.39 is 17.7 Å². The van der Waals surface area contributed by atoms with E-state index in [1.54, 1.807) is 0 Å². The Hall–Kier alpha value is -2.17. The van der Waals surface area contributed by atoms with Gasteiger partial charge in [0.05, 0.1) is 5.60 Å². The molecule has 0 amide bonds. The van der Waals surface area contributed by atoms with E-state index in [9.17, 15) is 9.90 Å². The minimum atomic E-state index is -1.01. The highest BCUT2D eigenvalue weighted by Crippen LogP contribution is 2.43. The Labute approximate surface area is 211 Å². The van der Waals surface area contributed by atoms with Gasteiger partial charge in [-0.25, -0.2) is 4.79 Å². The zero-order chi connectivity index (χ0) is 25.5. The van der Waals surface area contributed by atoms with Crippen molar-refractivity contribution in [3.63, 3.8) is 0 Å². The maximum atomic E-state index is 12.6. The zero-order valence-electron chi connectivity index (χ0n) is 22.7. The lowest BCUT2D eigenvalue weighted by Crippen LogP contribution is -2.42. The van der Waals surface area contributed by atoms with Gasteiger partial charge < -0.3 is 9.84 Å². The first-order valence-electron chi connectivity index (χ1n) is 13.3. The zero-order valence-corrected chi connectivity index (χ0v) is 22.7. The van der Waals surface area contributed by atoms with Crippen molar-refractivity contribution in [1.82, 2.24) is 4.90 Å². The molecule has 190 valence electrons. The number of aliphatic carboxylic acids is 1. The molecule has 1 aliphatic heterocycles. The summed E-state index contributed by atoms with van der Waals surface area (Å²) >= 11 is 0. The van der Waals surface area contributed by atoms with E-state index in [1.165, 1.54) is 47.9 Å². The third-order valence-corrected chi connectivity index (χ3v) is 8.05. The lowest BCUT2D eigenvalue weighted by atomic mass is 9.79. The van der Waals surface area contributed by atoms with E-state index in [4.69, 9.17) is 4.74 Å². The highest BCUT2D eigenvalue weighted by molar-refractivity contribution is 5.84. The number of carboxylic acid groups (broad SMARTS) is 1. The van der Waals surface area contributed by atoms with Gasteiger partial charge in [-0.3, -0.25) is 4.90 Å². The van der Waals surface area contributed by atoms with Gasteiger partial charge in [0.2, 0.25) is 0 Å². The van der Waals surface area contributed by atoms with Gasteiger partial charge in [-0.2, -0.15) is 0 Å². The van der Waals surface area contributed by atoms with Crippen LogP contribution in [0.2, 0.25) is 0 Å². The van der Waals surface area contributed by atoms with Crippen LogP contribution < -0.4 is 0 Å². The molecule has 35 heavy (non-hydrogen) atoms.